The lowest BCUT2D eigenvalue weighted by atomic mass is 10.2. The Balaban J connectivity index is 2.05. The summed E-state index contributed by atoms with van der Waals surface area (Å²) in [6.07, 6.45) is 0. The third kappa shape index (κ3) is 2.76. The normalized spacial score (nSPS) is 10.3. The molecule has 0 amide bonds. The zero-order valence-corrected chi connectivity index (χ0v) is 8.65. The molecule has 1 aromatic carbocycles. The first-order valence-electron chi connectivity index (χ1n) is 4.45. The van der Waals surface area contributed by atoms with Gasteiger partial charge in [0.1, 0.15) is 11.6 Å². The lowest BCUT2D eigenvalue weighted by molar-refractivity contribution is 0.580. The van der Waals surface area contributed by atoms with E-state index < -0.39 is 11.6 Å². The number of benzene rings is 1. The van der Waals surface area contributed by atoms with Crippen molar-refractivity contribution in [1.29, 1.82) is 0 Å². The molecule has 0 aliphatic rings. The van der Waals surface area contributed by atoms with Crippen molar-refractivity contribution in [3.05, 3.63) is 52.2 Å². The van der Waals surface area contributed by atoms with E-state index >= 15 is 0 Å². The van der Waals surface area contributed by atoms with Gasteiger partial charge in [0.25, 0.3) is 0 Å². The summed E-state index contributed by atoms with van der Waals surface area (Å²) < 4.78 is 25.7. The highest BCUT2D eigenvalue weighted by Gasteiger charge is 2.00. The van der Waals surface area contributed by atoms with E-state index in [1.807, 2.05) is 16.8 Å². The van der Waals surface area contributed by atoms with Gasteiger partial charge < -0.3 is 5.32 Å². The smallest absolute Gasteiger partial charge is 0.126 e. The van der Waals surface area contributed by atoms with Crippen LogP contribution in [0.3, 0.4) is 0 Å². The van der Waals surface area contributed by atoms with Crippen molar-refractivity contribution in [2.24, 2.45) is 0 Å². The van der Waals surface area contributed by atoms with Crippen LogP contribution in [-0.2, 0) is 6.54 Å². The topological polar surface area (TPSA) is 12.0 Å². The minimum atomic E-state index is -0.544. The first-order chi connectivity index (χ1) is 7.24. The van der Waals surface area contributed by atoms with E-state index in [1.165, 1.54) is 12.1 Å². The molecule has 0 radical (unpaired) electrons. The molecule has 2 aromatic rings. The van der Waals surface area contributed by atoms with Crippen molar-refractivity contribution in [1.82, 2.24) is 0 Å². The molecule has 0 saturated carbocycles. The molecule has 1 aromatic heterocycles. The summed E-state index contributed by atoms with van der Waals surface area (Å²) >= 11 is 1.57. The molecule has 0 atom stereocenters. The molecule has 0 bridgehead atoms. The van der Waals surface area contributed by atoms with Crippen LogP contribution in [0.2, 0.25) is 0 Å². The molecule has 0 unspecified atom stereocenters. The number of hydrogen-bond acceptors (Lipinski definition) is 2. The Hall–Kier alpha value is -1.42. The minimum Gasteiger partial charge on any atom is -0.380 e. The van der Waals surface area contributed by atoms with Crippen LogP contribution in [0.25, 0.3) is 0 Å². The molecular formula is C11H9F2NS. The zero-order valence-electron chi connectivity index (χ0n) is 7.84. The molecule has 4 heteroatoms. The van der Waals surface area contributed by atoms with Crippen molar-refractivity contribution < 1.29 is 8.78 Å². The van der Waals surface area contributed by atoms with Gasteiger partial charge in [0.2, 0.25) is 0 Å². The summed E-state index contributed by atoms with van der Waals surface area (Å²) in [4.78, 5) is 0. The fourth-order valence-corrected chi connectivity index (χ4v) is 1.89. The number of rotatable bonds is 3. The van der Waals surface area contributed by atoms with E-state index in [0.29, 0.717) is 12.1 Å². The van der Waals surface area contributed by atoms with E-state index in [4.69, 9.17) is 0 Å². The van der Waals surface area contributed by atoms with Gasteiger partial charge in [-0.05, 0) is 29.1 Å². The second kappa shape index (κ2) is 4.40. The van der Waals surface area contributed by atoms with Crippen LogP contribution < -0.4 is 5.32 Å². The van der Waals surface area contributed by atoms with Gasteiger partial charge in [0.05, 0.1) is 0 Å². The van der Waals surface area contributed by atoms with E-state index in [2.05, 4.69) is 5.32 Å². The minimum absolute atomic E-state index is 0.422. The van der Waals surface area contributed by atoms with Crippen LogP contribution in [0.15, 0.2) is 35.0 Å². The Morgan fingerprint density at radius 3 is 2.47 bits per heavy atom. The predicted molar refractivity (Wildman–Crippen MR) is 58.0 cm³/mol. The number of nitrogens with one attached hydrogen (secondary N) is 1. The monoisotopic (exact) mass is 225 g/mol. The quantitative estimate of drug-likeness (QED) is 0.841. The summed E-state index contributed by atoms with van der Waals surface area (Å²) in [6, 6.07) is 5.43. The summed E-state index contributed by atoms with van der Waals surface area (Å²) in [5.74, 6) is -1.09. The van der Waals surface area contributed by atoms with E-state index in [1.54, 1.807) is 11.3 Å². The molecule has 1 N–H and O–H groups in total. The van der Waals surface area contributed by atoms with E-state index in [-0.39, 0.29) is 0 Å². The van der Waals surface area contributed by atoms with Crippen molar-refractivity contribution in [3.63, 3.8) is 0 Å². The average Bonchev–Trinajstić information content (AvgIpc) is 2.65. The Morgan fingerprint density at radius 1 is 1.13 bits per heavy atom. The van der Waals surface area contributed by atoms with Gasteiger partial charge in [-0.2, -0.15) is 11.3 Å². The summed E-state index contributed by atoms with van der Waals surface area (Å²) in [5, 5.41) is 6.95. The number of hydrogen-bond donors (Lipinski definition) is 1. The average molecular weight is 225 g/mol. The lowest BCUT2D eigenvalue weighted by Gasteiger charge is -2.04. The van der Waals surface area contributed by atoms with Crippen molar-refractivity contribution in [2.75, 3.05) is 5.32 Å². The van der Waals surface area contributed by atoms with Crippen molar-refractivity contribution in [2.45, 2.75) is 6.54 Å². The maximum atomic E-state index is 12.8. The van der Waals surface area contributed by atoms with Gasteiger partial charge in [-0.25, -0.2) is 8.78 Å². The summed E-state index contributed by atoms with van der Waals surface area (Å²) in [6.45, 7) is 0.422. The first kappa shape index (κ1) is 10.1. The van der Waals surface area contributed by atoms with Crippen LogP contribution in [0, 0.1) is 11.6 Å². The van der Waals surface area contributed by atoms with Gasteiger partial charge in [0, 0.05) is 23.7 Å². The zero-order chi connectivity index (χ0) is 10.7. The predicted octanol–water partition coefficient (Wildman–Crippen LogP) is 3.64. The van der Waals surface area contributed by atoms with Crippen LogP contribution in [0.4, 0.5) is 14.5 Å². The molecule has 0 aliphatic heterocycles. The van der Waals surface area contributed by atoms with E-state index in [9.17, 15) is 8.78 Å². The molecule has 15 heavy (non-hydrogen) atoms. The van der Waals surface area contributed by atoms with Gasteiger partial charge in [-0.15, -0.1) is 0 Å². The van der Waals surface area contributed by atoms with Gasteiger partial charge in [-0.3, -0.25) is 0 Å². The molecule has 0 saturated heterocycles. The number of anilines is 1. The Labute approximate surface area is 90.4 Å². The molecule has 0 aliphatic carbocycles. The Kier molecular flexibility index (Phi) is 2.97. The van der Waals surface area contributed by atoms with Gasteiger partial charge in [-0.1, -0.05) is 0 Å². The molecule has 0 spiro atoms. The van der Waals surface area contributed by atoms with Gasteiger partial charge >= 0.3 is 0 Å². The second-order valence-electron chi connectivity index (χ2n) is 3.14. The SMILES string of the molecule is Fc1cc(F)cc(CNc2ccsc2)c1. The molecule has 1 heterocycles. The molecule has 2 rings (SSSR count). The third-order valence-corrected chi connectivity index (χ3v) is 2.62. The maximum Gasteiger partial charge on any atom is 0.126 e. The lowest BCUT2D eigenvalue weighted by Crippen LogP contribution is -1.99. The summed E-state index contributed by atoms with van der Waals surface area (Å²) in [5.41, 5.74) is 1.56. The van der Waals surface area contributed by atoms with Gasteiger partial charge in [0.15, 0.2) is 0 Å². The van der Waals surface area contributed by atoms with Crippen LogP contribution >= 0.6 is 11.3 Å². The van der Waals surface area contributed by atoms with E-state index in [0.717, 1.165) is 11.8 Å². The highest BCUT2D eigenvalue weighted by molar-refractivity contribution is 7.08. The largest absolute Gasteiger partial charge is 0.380 e. The molecule has 0 fully saturated rings. The van der Waals surface area contributed by atoms with Crippen molar-refractivity contribution >= 4 is 17.0 Å². The number of thiophene rings is 1. The molecule has 78 valence electrons. The van der Waals surface area contributed by atoms with Crippen LogP contribution in [0.5, 0.6) is 0 Å². The maximum absolute atomic E-state index is 12.8. The fourth-order valence-electron chi connectivity index (χ4n) is 1.28. The fraction of sp³-hybridized carbons (Fsp3) is 0.0909. The van der Waals surface area contributed by atoms with Crippen LogP contribution in [0.1, 0.15) is 5.56 Å². The number of halogens is 2. The standard InChI is InChI=1S/C11H9F2NS/c12-9-3-8(4-10(13)5-9)6-14-11-1-2-15-7-11/h1-5,7,14H,6H2. The second-order valence-corrected chi connectivity index (χ2v) is 3.92. The van der Waals surface area contributed by atoms with Crippen LogP contribution in [-0.4, -0.2) is 0 Å². The third-order valence-electron chi connectivity index (χ3n) is 1.94. The first-order valence-corrected chi connectivity index (χ1v) is 5.39. The Bertz CT molecular complexity index is 420. The van der Waals surface area contributed by atoms with Crippen molar-refractivity contribution in [3.8, 4) is 0 Å². The summed E-state index contributed by atoms with van der Waals surface area (Å²) in [7, 11) is 0. The Morgan fingerprint density at radius 2 is 1.87 bits per heavy atom. The molecular weight excluding hydrogens is 216 g/mol. The highest BCUT2D eigenvalue weighted by atomic mass is 32.1. The molecule has 1 nitrogen and oxygen atoms in total. The highest BCUT2D eigenvalue weighted by Crippen LogP contribution is 2.14.